The van der Waals surface area contributed by atoms with Gasteiger partial charge in [0.1, 0.15) is 17.8 Å². The van der Waals surface area contributed by atoms with Crippen molar-refractivity contribution in [2.45, 2.75) is 44.6 Å². The van der Waals surface area contributed by atoms with Crippen molar-refractivity contribution in [2.75, 3.05) is 6.54 Å². The van der Waals surface area contributed by atoms with E-state index in [1.54, 1.807) is 26.8 Å². The van der Waals surface area contributed by atoms with Crippen molar-refractivity contribution >= 4 is 6.09 Å². The molecule has 0 aromatic heterocycles. The lowest BCUT2D eigenvalue weighted by molar-refractivity contribution is 0.0212. The number of likely N-dealkylation sites (tertiary alicyclic amines) is 1. The van der Waals surface area contributed by atoms with E-state index in [1.807, 2.05) is 0 Å². The van der Waals surface area contributed by atoms with E-state index in [0.717, 1.165) is 4.90 Å². The topological polar surface area (TPSA) is 93.8 Å². The second-order valence-electron chi connectivity index (χ2n) is 4.76. The first kappa shape index (κ1) is 12.7. The highest BCUT2D eigenvalue weighted by Crippen LogP contribution is 2.21. The Morgan fingerprint density at radius 2 is 2.06 bits per heavy atom. The summed E-state index contributed by atoms with van der Waals surface area (Å²) in [5, 5.41) is 27.6. The molecule has 6 heteroatoms. The third-order valence-corrected chi connectivity index (χ3v) is 2.20. The van der Waals surface area contributed by atoms with Crippen LogP contribution in [0.15, 0.2) is 0 Å². The van der Waals surface area contributed by atoms with E-state index in [2.05, 4.69) is 0 Å². The van der Waals surface area contributed by atoms with Crippen LogP contribution >= 0.6 is 0 Å². The predicted octanol–water partition coefficient (Wildman–Crippen LogP) is -0.149. The molecule has 6 nitrogen and oxygen atoms in total. The number of hydrogen-bond donors (Lipinski definition) is 2. The Balaban J connectivity index is 2.74. The fourth-order valence-electron chi connectivity index (χ4n) is 1.47. The maximum absolute atomic E-state index is 11.7. The van der Waals surface area contributed by atoms with E-state index in [1.165, 1.54) is 0 Å². The third kappa shape index (κ3) is 2.62. The van der Waals surface area contributed by atoms with Gasteiger partial charge in [-0.05, 0) is 20.8 Å². The van der Waals surface area contributed by atoms with Crippen LogP contribution in [0.2, 0.25) is 0 Å². The van der Waals surface area contributed by atoms with Crippen LogP contribution in [0, 0.1) is 11.3 Å². The number of aliphatic hydroxyl groups excluding tert-OH is 2. The van der Waals surface area contributed by atoms with Gasteiger partial charge in [0.25, 0.3) is 0 Å². The molecule has 1 fully saturated rings. The highest BCUT2D eigenvalue weighted by molar-refractivity contribution is 5.69. The maximum atomic E-state index is 11.7. The zero-order valence-corrected chi connectivity index (χ0v) is 9.54. The van der Waals surface area contributed by atoms with Crippen LogP contribution in [0.1, 0.15) is 20.8 Å². The molecule has 0 radical (unpaired) electrons. The molecule has 0 saturated carbocycles. The molecule has 0 spiro atoms. The average Bonchev–Trinajstić information content (AvgIpc) is 2.40. The van der Waals surface area contributed by atoms with Crippen molar-refractivity contribution in [3.63, 3.8) is 0 Å². The molecule has 2 N–H and O–H groups in total. The molecular formula is C10H16N2O4. The maximum Gasteiger partial charge on any atom is 0.411 e. The van der Waals surface area contributed by atoms with Gasteiger partial charge in [-0.3, -0.25) is 4.90 Å². The molecule has 3 atom stereocenters. The molecule has 1 aliphatic heterocycles. The summed E-state index contributed by atoms with van der Waals surface area (Å²) in [6.07, 6.45) is -3.04. The average molecular weight is 228 g/mol. The highest BCUT2D eigenvalue weighted by Gasteiger charge is 2.44. The zero-order valence-electron chi connectivity index (χ0n) is 9.54. The van der Waals surface area contributed by atoms with Gasteiger partial charge in [-0.15, -0.1) is 0 Å². The normalized spacial score (nSPS) is 30.0. The summed E-state index contributed by atoms with van der Waals surface area (Å²) in [6.45, 7) is 5.02. The summed E-state index contributed by atoms with van der Waals surface area (Å²) in [7, 11) is 0. The smallest absolute Gasteiger partial charge is 0.411 e. The molecule has 0 bridgehead atoms. The van der Waals surface area contributed by atoms with Crippen molar-refractivity contribution in [1.82, 2.24) is 4.90 Å². The van der Waals surface area contributed by atoms with Crippen LogP contribution < -0.4 is 0 Å². The minimum Gasteiger partial charge on any atom is -0.444 e. The summed E-state index contributed by atoms with van der Waals surface area (Å²) in [5.74, 6) is 0. The minimum absolute atomic E-state index is 0.0890. The van der Waals surface area contributed by atoms with E-state index in [9.17, 15) is 15.0 Å². The van der Waals surface area contributed by atoms with Gasteiger partial charge in [0.05, 0.1) is 12.6 Å². The Morgan fingerprint density at radius 1 is 1.50 bits per heavy atom. The number of carbonyl (C=O) groups excluding carboxylic acids is 1. The summed E-state index contributed by atoms with van der Waals surface area (Å²) in [4.78, 5) is 12.7. The highest BCUT2D eigenvalue weighted by atomic mass is 16.6. The van der Waals surface area contributed by atoms with Crippen LogP contribution in [0.3, 0.4) is 0 Å². The number of ether oxygens (including phenoxy) is 1. The number of amides is 1. The Labute approximate surface area is 94.0 Å². The molecule has 0 aromatic carbocycles. The van der Waals surface area contributed by atoms with Crippen LogP contribution in [-0.2, 0) is 4.74 Å². The molecule has 90 valence electrons. The van der Waals surface area contributed by atoms with Gasteiger partial charge in [-0.1, -0.05) is 0 Å². The number of nitriles is 1. The predicted molar refractivity (Wildman–Crippen MR) is 54.4 cm³/mol. The molecule has 1 unspecified atom stereocenters. The first-order chi connectivity index (χ1) is 7.26. The monoisotopic (exact) mass is 228 g/mol. The summed E-state index contributed by atoms with van der Waals surface area (Å²) >= 11 is 0. The van der Waals surface area contributed by atoms with Crippen LogP contribution in [0.5, 0.6) is 0 Å². The fourth-order valence-corrected chi connectivity index (χ4v) is 1.47. The standard InChI is InChI=1S/C10H16N2O4/c1-10(2,3)16-9(15)12-5-7(13)8(14)6(12)4-11/h6-8,13-14H,5H2,1-3H3/t6?,7-,8-/m0/s1. The van der Waals surface area contributed by atoms with Gasteiger partial charge in [0, 0.05) is 0 Å². The van der Waals surface area contributed by atoms with Crippen molar-refractivity contribution in [3.8, 4) is 6.07 Å². The molecule has 1 heterocycles. The van der Waals surface area contributed by atoms with Crippen LogP contribution in [-0.4, -0.2) is 51.6 Å². The summed E-state index contributed by atoms with van der Waals surface area (Å²) in [6, 6.07) is 0.725. The zero-order chi connectivity index (χ0) is 12.5. The Bertz CT molecular complexity index is 318. The molecular weight excluding hydrogens is 212 g/mol. The van der Waals surface area contributed by atoms with Crippen molar-refractivity contribution in [2.24, 2.45) is 0 Å². The third-order valence-electron chi connectivity index (χ3n) is 2.20. The van der Waals surface area contributed by atoms with E-state index < -0.39 is 29.9 Å². The number of rotatable bonds is 0. The second-order valence-corrected chi connectivity index (χ2v) is 4.76. The lowest BCUT2D eigenvalue weighted by Gasteiger charge is -2.25. The van der Waals surface area contributed by atoms with Gasteiger partial charge in [-0.25, -0.2) is 4.79 Å². The van der Waals surface area contributed by atoms with Crippen LogP contribution in [0.25, 0.3) is 0 Å². The molecule has 1 rings (SSSR count). The largest absolute Gasteiger partial charge is 0.444 e. The van der Waals surface area contributed by atoms with E-state index in [0.29, 0.717) is 0 Å². The first-order valence-electron chi connectivity index (χ1n) is 5.01. The van der Waals surface area contributed by atoms with Crippen molar-refractivity contribution in [1.29, 1.82) is 5.26 Å². The quantitative estimate of drug-likeness (QED) is 0.601. The summed E-state index contributed by atoms with van der Waals surface area (Å²) in [5.41, 5.74) is -0.671. The SMILES string of the molecule is CC(C)(C)OC(=O)N1C[C@H](O)[C@@H](O)C1C#N. The molecule has 16 heavy (non-hydrogen) atoms. The van der Waals surface area contributed by atoms with Gasteiger partial charge < -0.3 is 14.9 Å². The van der Waals surface area contributed by atoms with E-state index in [4.69, 9.17) is 10.00 Å². The second kappa shape index (κ2) is 4.28. The summed E-state index contributed by atoms with van der Waals surface area (Å²) < 4.78 is 5.06. The van der Waals surface area contributed by atoms with Gasteiger partial charge in [0.2, 0.25) is 0 Å². The Kier molecular flexibility index (Phi) is 3.41. The Morgan fingerprint density at radius 3 is 2.50 bits per heavy atom. The van der Waals surface area contributed by atoms with Gasteiger partial charge in [-0.2, -0.15) is 5.26 Å². The van der Waals surface area contributed by atoms with Crippen molar-refractivity contribution < 1.29 is 19.7 Å². The first-order valence-corrected chi connectivity index (χ1v) is 5.01. The van der Waals surface area contributed by atoms with E-state index in [-0.39, 0.29) is 6.54 Å². The molecule has 0 aromatic rings. The number of nitrogens with zero attached hydrogens (tertiary/aromatic N) is 2. The lowest BCUT2D eigenvalue weighted by atomic mass is 10.1. The van der Waals surface area contributed by atoms with E-state index >= 15 is 0 Å². The van der Waals surface area contributed by atoms with Gasteiger partial charge in [0.15, 0.2) is 6.04 Å². The van der Waals surface area contributed by atoms with Crippen molar-refractivity contribution in [3.05, 3.63) is 0 Å². The minimum atomic E-state index is -1.24. The molecule has 1 saturated heterocycles. The number of carbonyl (C=O) groups is 1. The number of hydrogen-bond acceptors (Lipinski definition) is 5. The van der Waals surface area contributed by atoms with Gasteiger partial charge >= 0.3 is 6.09 Å². The number of aliphatic hydroxyl groups is 2. The fraction of sp³-hybridized carbons (Fsp3) is 0.800. The molecule has 1 amide bonds. The molecule has 0 aliphatic carbocycles. The number of β-amino-alcohol motifs (C(OH)–C–C–N with tert-alkyl or cyclic N) is 1. The van der Waals surface area contributed by atoms with Crippen LogP contribution in [0.4, 0.5) is 4.79 Å². The lowest BCUT2D eigenvalue weighted by Crippen LogP contribution is -2.41. The molecule has 1 aliphatic rings. The Hall–Kier alpha value is -1.32.